The largest absolute Gasteiger partial charge is 0.463 e. The molecule has 1 aliphatic heterocycles. The Morgan fingerprint density at radius 2 is 1.68 bits per heavy atom. The SMILES string of the molecule is CCCCCCCCOc1ncc(-c2ccc(OC(=O)CC[C@H]3COC(=C4CCCCC4)O3)cc2)cn1. The van der Waals surface area contributed by atoms with Crippen LogP contribution in [0.15, 0.2) is 48.2 Å². The number of carbonyl (C=O) groups excluding carboxylic acids is 1. The molecule has 2 fully saturated rings. The molecule has 7 nitrogen and oxygen atoms in total. The summed E-state index contributed by atoms with van der Waals surface area (Å²) in [5.74, 6) is 0.947. The monoisotopic (exact) mass is 508 g/mol. The second-order valence-corrected chi connectivity index (χ2v) is 9.91. The van der Waals surface area contributed by atoms with Crippen LogP contribution in [0.3, 0.4) is 0 Å². The minimum Gasteiger partial charge on any atom is -0.463 e. The normalized spacial score (nSPS) is 17.3. The highest BCUT2D eigenvalue weighted by molar-refractivity contribution is 5.73. The predicted molar refractivity (Wildman–Crippen MR) is 142 cm³/mol. The maximum atomic E-state index is 12.4. The number of carbonyl (C=O) groups is 1. The van der Waals surface area contributed by atoms with Crippen molar-refractivity contribution in [1.29, 1.82) is 0 Å². The number of esters is 1. The minimum atomic E-state index is -0.273. The van der Waals surface area contributed by atoms with E-state index in [4.69, 9.17) is 18.9 Å². The minimum absolute atomic E-state index is 0.0860. The standard InChI is InChI=1S/C30H40N2O5/c1-2-3-4-5-6-10-19-34-30-31-20-25(21-32-30)23-13-15-26(16-14-23)36-28(33)18-17-27-22-35-29(37-27)24-11-8-7-9-12-24/h13-16,20-21,27H,2-12,17-19,22H2,1H3/t27-/m0/s1. The summed E-state index contributed by atoms with van der Waals surface area (Å²) < 4.78 is 22.9. The van der Waals surface area contributed by atoms with Crippen molar-refractivity contribution in [3.63, 3.8) is 0 Å². The third-order valence-electron chi connectivity index (χ3n) is 6.87. The van der Waals surface area contributed by atoms with Crippen molar-refractivity contribution in [1.82, 2.24) is 9.97 Å². The average molecular weight is 509 g/mol. The topological polar surface area (TPSA) is 79.8 Å². The van der Waals surface area contributed by atoms with Crippen LogP contribution in [-0.4, -0.2) is 35.3 Å². The number of unbranched alkanes of at least 4 members (excludes halogenated alkanes) is 5. The Labute approximate surface area is 220 Å². The Balaban J connectivity index is 1.16. The molecule has 2 heterocycles. The van der Waals surface area contributed by atoms with Crippen LogP contribution in [0.2, 0.25) is 0 Å². The van der Waals surface area contributed by atoms with Crippen LogP contribution in [0.4, 0.5) is 0 Å². The molecule has 1 aromatic heterocycles. The van der Waals surface area contributed by atoms with E-state index in [1.54, 1.807) is 24.5 Å². The second-order valence-electron chi connectivity index (χ2n) is 9.91. The van der Waals surface area contributed by atoms with Crippen LogP contribution in [0.5, 0.6) is 11.8 Å². The van der Waals surface area contributed by atoms with Crippen molar-refractivity contribution in [3.8, 4) is 22.9 Å². The van der Waals surface area contributed by atoms with Crippen LogP contribution in [0, 0.1) is 0 Å². The molecule has 2 aliphatic rings. The number of aromatic nitrogens is 2. The lowest BCUT2D eigenvalue weighted by Gasteiger charge is -2.15. The molecule has 0 amide bonds. The van der Waals surface area contributed by atoms with Gasteiger partial charge in [-0.05, 0) is 56.2 Å². The molecule has 0 spiro atoms. The average Bonchev–Trinajstić information content (AvgIpc) is 3.42. The Bertz CT molecular complexity index is 996. The zero-order valence-electron chi connectivity index (χ0n) is 22.1. The molecular weight excluding hydrogens is 468 g/mol. The van der Waals surface area contributed by atoms with Gasteiger partial charge in [0.05, 0.1) is 6.61 Å². The summed E-state index contributed by atoms with van der Waals surface area (Å²) in [6.07, 6.45) is 17.4. The molecule has 0 bridgehead atoms. The van der Waals surface area contributed by atoms with Crippen LogP contribution in [0.1, 0.15) is 90.4 Å². The molecule has 1 atom stereocenters. The predicted octanol–water partition coefficient (Wildman–Crippen LogP) is 7.16. The highest BCUT2D eigenvalue weighted by Gasteiger charge is 2.26. The van der Waals surface area contributed by atoms with E-state index in [1.165, 1.54) is 56.9 Å². The Morgan fingerprint density at radius 3 is 2.43 bits per heavy atom. The Kier molecular flexibility index (Phi) is 10.6. The number of rotatable bonds is 13. The zero-order chi connectivity index (χ0) is 25.7. The summed E-state index contributed by atoms with van der Waals surface area (Å²) in [5.41, 5.74) is 3.12. The van der Waals surface area contributed by atoms with Crippen molar-refractivity contribution in [3.05, 3.63) is 48.2 Å². The van der Waals surface area contributed by atoms with Crippen molar-refractivity contribution in [2.45, 2.75) is 96.5 Å². The van der Waals surface area contributed by atoms with Crippen LogP contribution < -0.4 is 9.47 Å². The first-order valence-corrected chi connectivity index (χ1v) is 14.0. The van der Waals surface area contributed by atoms with Crippen LogP contribution in [0.25, 0.3) is 11.1 Å². The van der Waals surface area contributed by atoms with Gasteiger partial charge in [-0.15, -0.1) is 0 Å². The fourth-order valence-corrected chi connectivity index (χ4v) is 4.66. The van der Waals surface area contributed by atoms with E-state index >= 15 is 0 Å². The summed E-state index contributed by atoms with van der Waals surface area (Å²) in [6.45, 7) is 3.37. The quantitative estimate of drug-likeness (QED) is 0.161. The van der Waals surface area contributed by atoms with E-state index in [0.717, 1.165) is 30.4 Å². The van der Waals surface area contributed by atoms with Gasteiger partial charge in [0, 0.05) is 30.0 Å². The fraction of sp³-hybridized carbons (Fsp3) is 0.567. The van der Waals surface area contributed by atoms with E-state index in [0.29, 0.717) is 37.3 Å². The molecule has 2 aromatic rings. The molecule has 1 saturated carbocycles. The lowest BCUT2D eigenvalue weighted by molar-refractivity contribution is -0.134. The molecule has 200 valence electrons. The summed E-state index contributed by atoms with van der Waals surface area (Å²) >= 11 is 0. The van der Waals surface area contributed by atoms with Gasteiger partial charge in [-0.3, -0.25) is 4.79 Å². The maximum absolute atomic E-state index is 12.4. The van der Waals surface area contributed by atoms with Gasteiger partial charge < -0.3 is 18.9 Å². The smallest absolute Gasteiger partial charge is 0.316 e. The van der Waals surface area contributed by atoms with Gasteiger partial charge in [-0.1, -0.05) is 57.6 Å². The summed E-state index contributed by atoms with van der Waals surface area (Å²) in [5, 5.41) is 0. The molecule has 1 aliphatic carbocycles. The molecule has 0 N–H and O–H groups in total. The number of hydrogen-bond donors (Lipinski definition) is 0. The lowest BCUT2D eigenvalue weighted by Crippen LogP contribution is -2.15. The number of benzene rings is 1. The van der Waals surface area contributed by atoms with Gasteiger partial charge in [0.25, 0.3) is 5.95 Å². The van der Waals surface area contributed by atoms with Crippen molar-refractivity contribution in [2.24, 2.45) is 0 Å². The summed E-state index contributed by atoms with van der Waals surface area (Å²) in [6, 6.07) is 7.78. The zero-order valence-corrected chi connectivity index (χ0v) is 22.1. The first-order chi connectivity index (χ1) is 18.2. The molecular formula is C30H40N2O5. The van der Waals surface area contributed by atoms with E-state index in [9.17, 15) is 4.79 Å². The van der Waals surface area contributed by atoms with Crippen molar-refractivity contribution >= 4 is 5.97 Å². The molecule has 0 radical (unpaired) electrons. The number of nitrogens with zero attached hydrogens (tertiary/aromatic N) is 2. The van der Waals surface area contributed by atoms with Gasteiger partial charge >= 0.3 is 12.0 Å². The van der Waals surface area contributed by atoms with Crippen LogP contribution in [-0.2, 0) is 14.3 Å². The van der Waals surface area contributed by atoms with Crippen LogP contribution >= 0.6 is 0 Å². The van der Waals surface area contributed by atoms with Gasteiger partial charge in [-0.25, -0.2) is 9.97 Å². The first kappa shape index (κ1) is 27.0. The molecule has 37 heavy (non-hydrogen) atoms. The fourth-order valence-electron chi connectivity index (χ4n) is 4.66. The van der Waals surface area contributed by atoms with E-state index in [1.807, 2.05) is 12.1 Å². The molecule has 1 saturated heterocycles. The molecule has 0 unspecified atom stereocenters. The summed E-state index contributed by atoms with van der Waals surface area (Å²) in [7, 11) is 0. The van der Waals surface area contributed by atoms with Gasteiger partial charge in [0.15, 0.2) is 0 Å². The lowest BCUT2D eigenvalue weighted by atomic mass is 9.96. The number of hydrogen-bond acceptors (Lipinski definition) is 7. The van der Waals surface area contributed by atoms with Gasteiger partial charge in [-0.2, -0.15) is 0 Å². The maximum Gasteiger partial charge on any atom is 0.316 e. The number of allylic oxidation sites excluding steroid dienone is 1. The first-order valence-electron chi connectivity index (χ1n) is 14.0. The van der Waals surface area contributed by atoms with E-state index < -0.39 is 0 Å². The second kappa shape index (κ2) is 14.6. The van der Waals surface area contributed by atoms with Gasteiger partial charge in [0.2, 0.25) is 0 Å². The molecule has 1 aromatic carbocycles. The number of ether oxygens (including phenoxy) is 4. The third-order valence-corrected chi connectivity index (χ3v) is 6.87. The molecule has 4 rings (SSSR count). The summed E-state index contributed by atoms with van der Waals surface area (Å²) in [4.78, 5) is 21.0. The van der Waals surface area contributed by atoms with Crippen molar-refractivity contribution < 1.29 is 23.7 Å². The highest BCUT2D eigenvalue weighted by Crippen LogP contribution is 2.31. The van der Waals surface area contributed by atoms with Gasteiger partial charge in [0.1, 0.15) is 18.5 Å². The Morgan fingerprint density at radius 1 is 0.946 bits per heavy atom. The molecule has 7 heteroatoms. The van der Waals surface area contributed by atoms with E-state index in [-0.39, 0.29) is 18.5 Å². The third kappa shape index (κ3) is 8.76. The highest BCUT2D eigenvalue weighted by atomic mass is 16.7. The van der Waals surface area contributed by atoms with E-state index in [2.05, 4.69) is 16.9 Å². The van der Waals surface area contributed by atoms with Crippen molar-refractivity contribution in [2.75, 3.05) is 13.2 Å². The Hall–Kier alpha value is -3.09.